The number of ether oxygens (including phenoxy) is 1. The number of aliphatic hydroxyl groups is 1. The molecule has 0 radical (unpaired) electrons. The van der Waals surface area contributed by atoms with E-state index in [2.05, 4.69) is 10.2 Å². The van der Waals surface area contributed by atoms with Gasteiger partial charge in [-0.05, 0) is 62.6 Å². The van der Waals surface area contributed by atoms with Crippen molar-refractivity contribution in [2.24, 2.45) is 5.92 Å². The predicted octanol–water partition coefficient (Wildman–Crippen LogP) is 1.85. The number of carbonyl (C=O) groups is 1. The van der Waals surface area contributed by atoms with Gasteiger partial charge in [-0.25, -0.2) is 0 Å². The third-order valence-corrected chi connectivity index (χ3v) is 8.43. The van der Waals surface area contributed by atoms with Crippen molar-refractivity contribution in [3.05, 3.63) is 23.3 Å². The molecule has 6 heteroatoms. The number of amides is 1. The largest absolute Gasteiger partial charge is 0.504 e. The topological polar surface area (TPSA) is 82.0 Å². The third kappa shape index (κ3) is 2.22. The second-order valence-electron chi connectivity index (χ2n) is 9.86. The first-order valence-corrected chi connectivity index (χ1v) is 11.3. The van der Waals surface area contributed by atoms with Gasteiger partial charge in [-0.15, -0.1) is 0 Å². The highest BCUT2D eigenvalue weighted by molar-refractivity contribution is 5.76. The standard InChI is InChI=1S/C23H30N2O4/c1-2-18(27)24-15-7-8-23(28)17-11-14-5-6-16(26)20-19(14)22(23,21(15)29-20)9-10-25(17)12-13-3-4-13/h5-6,13,15,17,21,26,28H,2-4,7-12H2,1H3,(H,24,27)/t15-,17?,21+,22?,23?/m1/s1. The number of aromatic hydroxyl groups is 1. The number of nitrogens with one attached hydrogen (secondary N) is 1. The summed E-state index contributed by atoms with van der Waals surface area (Å²) < 4.78 is 6.42. The number of carbonyl (C=O) groups excluding carboxylic acids is 1. The molecule has 1 amide bonds. The molecule has 3 fully saturated rings. The van der Waals surface area contributed by atoms with Gasteiger partial charge in [0, 0.05) is 24.6 Å². The fraction of sp³-hybridized carbons (Fsp3) is 0.696. The zero-order chi connectivity index (χ0) is 20.0. The Labute approximate surface area is 171 Å². The van der Waals surface area contributed by atoms with Gasteiger partial charge in [-0.1, -0.05) is 13.0 Å². The molecule has 1 aromatic rings. The van der Waals surface area contributed by atoms with Gasteiger partial charge in [-0.3, -0.25) is 9.69 Å². The maximum absolute atomic E-state index is 12.3. The van der Waals surface area contributed by atoms with Gasteiger partial charge in [0.05, 0.1) is 17.1 Å². The van der Waals surface area contributed by atoms with Gasteiger partial charge >= 0.3 is 0 Å². The van der Waals surface area contributed by atoms with Crippen LogP contribution in [-0.2, 0) is 16.6 Å². The summed E-state index contributed by atoms with van der Waals surface area (Å²) in [5.41, 5.74) is 0.772. The zero-order valence-corrected chi connectivity index (χ0v) is 17.0. The molecular weight excluding hydrogens is 368 g/mol. The number of phenolic OH excluding ortho intramolecular Hbond substituents is 1. The highest BCUT2D eigenvalue weighted by Gasteiger charge is 2.73. The van der Waals surface area contributed by atoms with Gasteiger partial charge in [0.2, 0.25) is 5.91 Å². The number of hydrogen-bond donors (Lipinski definition) is 3. The van der Waals surface area contributed by atoms with Crippen LogP contribution in [0.2, 0.25) is 0 Å². The monoisotopic (exact) mass is 398 g/mol. The molecule has 2 bridgehead atoms. The smallest absolute Gasteiger partial charge is 0.220 e. The van der Waals surface area contributed by atoms with Gasteiger partial charge in [-0.2, -0.15) is 0 Å². The van der Waals surface area contributed by atoms with Crippen LogP contribution in [0.5, 0.6) is 11.5 Å². The van der Waals surface area contributed by atoms with E-state index in [1.165, 1.54) is 18.4 Å². The third-order valence-electron chi connectivity index (χ3n) is 8.43. The second-order valence-corrected chi connectivity index (χ2v) is 9.86. The number of piperidine rings is 1. The lowest BCUT2D eigenvalue weighted by molar-refractivity contribution is -0.192. The molecule has 5 aliphatic rings. The molecule has 6 rings (SSSR count). The minimum Gasteiger partial charge on any atom is -0.504 e. The summed E-state index contributed by atoms with van der Waals surface area (Å²) >= 11 is 0. The first-order valence-electron chi connectivity index (χ1n) is 11.3. The number of benzene rings is 1. The van der Waals surface area contributed by atoms with Crippen LogP contribution in [-0.4, -0.2) is 57.9 Å². The van der Waals surface area contributed by atoms with E-state index < -0.39 is 11.0 Å². The van der Waals surface area contributed by atoms with E-state index in [0.29, 0.717) is 25.0 Å². The van der Waals surface area contributed by atoms with Crippen molar-refractivity contribution in [3.8, 4) is 11.5 Å². The van der Waals surface area contributed by atoms with E-state index in [1.807, 2.05) is 13.0 Å². The van der Waals surface area contributed by atoms with Crippen molar-refractivity contribution in [1.29, 1.82) is 0 Å². The van der Waals surface area contributed by atoms with Crippen LogP contribution in [0.3, 0.4) is 0 Å². The number of likely N-dealkylation sites (tertiary alicyclic amines) is 1. The molecule has 1 aromatic carbocycles. The van der Waals surface area contributed by atoms with Gasteiger partial charge in [0.1, 0.15) is 6.10 Å². The Bertz CT molecular complexity index is 884. The van der Waals surface area contributed by atoms with Crippen LogP contribution in [0.15, 0.2) is 12.1 Å². The first-order chi connectivity index (χ1) is 14.0. The average Bonchev–Trinajstić information content (AvgIpc) is 3.44. The van der Waals surface area contributed by atoms with Crippen molar-refractivity contribution in [3.63, 3.8) is 0 Å². The molecule has 2 heterocycles. The van der Waals surface area contributed by atoms with Crippen molar-refractivity contribution >= 4 is 5.91 Å². The van der Waals surface area contributed by atoms with E-state index in [0.717, 1.165) is 37.4 Å². The molecule has 3 unspecified atom stereocenters. The summed E-state index contributed by atoms with van der Waals surface area (Å²) in [5, 5.41) is 26.0. The molecule has 1 spiro atoms. The molecule has 6 nitrogen and oxygen atoms in total. The molecule has 3 N–H and O–H groups in total. The average molecular weight is 399 g/mol. The number of rotatable bonds is 4. The Kier molecular flexibility index (Phi) is 3.66. The Morgan fingerprint density at radius 1 is 1.31 bits per heavy atom. The van der Waals surface area contributed by atoms with Crippen molar-refractivity contribution in [1.82, 2.24) is 10.2 Å². The maximum atomic E-state index is 12.3. The Balaban J connectivity index is 1.49. The summed E-state index contributed by atoms with van der Waals surface area (Å²) in [6, 6.07) is 3.68. The lowest BCUT2D eigenvalue weighted by Crippen LogP contribution is -2.78. The summed E-state index contributed by atoms with van der Waals surface area (Å²) in [6.45, 7) is 3.87. The van der Waals surface area contributed by atoms with Crippen LogP contribution in [0.25, 0.3) is 0 Å². The van der Waals surface area contributed by atoms with Crippen LogP contribution in [0.4, 0.5) is 0 Å². The number of phenols is 1. The fourth-order valence-corrected chi connectivity index (χ4v) is 6.94. The van der Waals surface area contributed by atoms with Crippen LogP contribution in [0.1, 0.15) is 56.6 Å². The van der Waals surface area contributed by atoms with E-state index in [4.69, 9.17) is 4.74 Å². The lowest BCUT2D eigenvalue weighted by atomic mass is 9.48. The maximum Gasteiger partial charge on any atom is 0.220 e. The lowest BCUT2D eigenvalue weighted by Gasteiger charge is -2.64. The van der Waals surface area contributed by atoms with Gasteiger partial charge < -0.3 is 20.3 Å². The Morgan fingerprint density at radius 2 is 2.14 bits per heavy atom. The van der Waals surface area contributed by atoms with Crippen molar-refractivity contribution in [2.45, 2.75) is 81.1 Å². The molecule has 1 saturated heterocycles. The Morgan fingerprint density at radius 3 is 2.90 bits per heavy atom. The molecule has 2 saturated carbocycles. The predicted molar refractivity (Wildman–Crippen MR) is 107 cm³/mol. The fourth-order valence-electron chi connectivity index (χ4n) is 6.94. The minimum atomic E-state index is -0.885. The zero-order valence-electron chi connectivity index (χ0n) is 17.0. The molecule has 2 aliphatic heterocycles. The SMILES string of the molecule is CCC(=O)N[C@@H]1CCC2(O)C3Cc4ccc(O)c5c4C2(CCN3CC2CC2)[C@H]1O5. The molecule has 3 aliphatic carbocycles. The Hall–Kier alpha value is -1.79. The molecular formula is C23H30N2O4. The quantitative estimate of drug-likeness (QED) is 0.721. The summed E-state index contributed by atoms with van der Waals surface area (Å²) in [7, 11) is 0. The van der Waals surface area contributed by atoms with Gasteiger partial charge in [0.25, 0.3) is 0 Å². The van der Waals surface area contributed by atoms with Crippen LogP contribution < -0.4 is 10.1 Å². The van der Waals surface area contributed by atoms with Crippen LogP contribution >= 0.6 is 0 Å². The summed E-state index contributed by atoms with van der Waals surface area (Å²) in [6.07, 6.45) is 5.67. The summed E-state index contributed by atoms with van der Waals surface area (Å²) in [4.78, 5) is 14.7. The number of nitrogens with zero attached hydrogens (tertiary/aromatic N) is 1. The van der Waals surface area contributed by atoms with Crippen LogP contribution in [0, 0.1) is 5.92 Å². The minimum absolute atomic E-state index is 0.0133. The molecule has 29 heavy (non-hydrogen) atoms. The molecule has 0 aromatic heterocycles. The first kappa shape index (κ1) is 18.0. The highest BCUT2D eigenvalue weighted by atomic mass is 16.5. The van der Waals surface area contributed by atoms with E-state index in [-0.39, 0.29) is 29.8 Å². The summed E-state index contributed by atoms with van der Waals surface area (Å²) in [5.74, 6) is 1.48. The highest BCUT2D eigenvalue weighted by Crippen LogP contribution is 2.65. The normalized spacial score (nSPS) is 39.6. The van der Waals surface area contributed by atoms with Crippen molar-refractivity contribution in [2.75, 3.05) is 13.1 Å². The molecule has 5 atom stereocenters. The second kappa shape index (κ2) is 5.88. The van der Waals surface area contributed by atoms with Crippen molar-refractivity contribution < 1.29 is 19.7 Å². The van der Waals surface area contributed by atoms with E-state index >= 15 is 0 Å². The van der Waals surface area contributed by atoms with E-state index in [9.17, 15) is 15.0 Å². The number of hydrogen-bond acceptors (Lipinski definition) is 5. The molecule has 156 valence electrons. The van der Waals surface area contributed by atoms with Gasteiger partial charge in [0.15, 0.2) is 11.5 Å². The van der Waals surface area contributed by atoms with E-state index in [1.54, 1.807) is 6.07 Å².